The largest absolute Gasteiger partial charge is 0.408 e. The van der Waals surface area contributed by atoms with E-state index < -0.39 is 12.7 Å². The molecule has 1 rings (SSSR count). The lowest BCUT2D eigenvalue weighted by Gasteiger charge is -2.06. The molecule has 8 heteroatoms. The average molecular weight is 238 g/mol. The molecule has 0 saturated heterocycles. The molecule has 0 radical (unpaired) electrons. The Morgan fingerprint density at radius 3 is 2.73 bits per heavy atom. The molecule has 0 aliphatic heterocycles. The number of hydrogen-bond acceptors (Lipinski definition) is 4. The lowest BCUT2D eigenvalue weighted by Crippen LogP contribution is -2.19. The number of halogens is 3. The van der Waals surface area contributed by atoms with Crippen LogP contribution >= 0.6 is 11.8 Å². The van der Waals surface area contributed by atoms with Gasteiger partial charge in [-0.05, 0) is 17.4 Å². The Kier molecular flexibility index (Phi) is 3.72. The molecular weight excluding hydrogens is 229 g/mol. The molecule has 84 valence electrons. The number of tetrazole rings is 1. The van der Waals surface area contributed by atoms with Crippen molar-refractivity contribution in [1.29, 1.82) is 0 Å². The Labute approximate surface area is 88.5 Å². The molecule has 0 atom stereocenters. The Bertz CT molecular complexity index is 346. The zero-order chi connectivity index (χ0) is 11.5. The van der Waals surface area contributed by atoms with Crippen molar-refractivity contribution in [3.05, 3.63) is 12.2 Å². The standard InChI is InChI=1S/C7H9F3N4S/c1-5(2)3-15-6-11-12-13-14(6)4-7(8,9)10/h1,3-4H2,2H3. The highest BCUT2D eigenvalue weighted by atomic mass is 32.2. The molecule has 0 aliphatic carbocycles. The first kappa shape index (κ1) is 12.0. The fourth-order valence-electron chi connectivity index (χ4n) is 0.757. The van der Waals surface area contributed by atoms with E-state index in [1.165, 1.54) is 0 Å². The summed E-state index contributed by atoms with van der Waals surface area (Å²) >= 11 is 1.13. The SMILES string of the molecule is C=C(C)CSc1nnnn1CC(F)(F)F. The Morgan fingerprint density at radius 2 is 2.20 bits per heavy atom. The summed E-state index contributed by atoms with van der Waals surface area (Å²) in [7, 11) is 0. The first-order chi connectivity index (χ1) is 6.88. The summed E-state index contributed by atoms with van der Waals surface area (Å²) in [6, 6.07) is 0. The van der Waals surface area contributed by atoms with Crippen LogP contribution in [0, 0.1) is 0 Å². The maximum absolute atomic E-state index is 12.1. The number of rotatable bonds is 4. The van der Waals surface area contributed by atoms with E-state index in [1.807, 2.05) is 0 Å². The third-order valence-electron chi connectivity index (χ3n) is 1.28. The van der Waals surface area contributed by atoms with Crippen molar-refractivity contribution in [3.8, 4) is 0 Å². The molecule has 0 saturated carbocycles. The van der Waals surface area contributed by atoms with E-state index in [2.05, 4.69) is 22.1 Å². The molecule has 1 heterocycles. The maximum atomic E-state index is 12.1. The van der Waals surface area contributed by atoms with Crippen molar-refractivity contribution in [2.45, 2.75) is 24.8 Å². The quantitative estimate of drug-likeness (QED) is 0.593. The summed E-state index contributed by atoms with van der Waals surface area (Å²) in [5, 5.41) is 10.1. The number of aromatic nitrogens is 4. The molecule has 4 nitrogen and oxygen atoms in total. The third-order valence-corrected chi connectivity index (χ3v) is 2.46. The molecule has 1 aromatic rings. The Hall–Kier alpha value is -1.05. The summed E-state index contributed by atoms with van der Waals surface area (Å²) in [6.07, 6.45) is -4.31. The second-order valence-corrected chi connectivity index (χ2v) is 3.92. The van der Waals surface area contributed by atoms with Crippen LogP contribution in [-0.4, -0.2) is 32.1 Å². The van der Waals surface area contributed by atoms with Gasteiger partial charge in [0.15, 0.2) is 0 Å². The Balaban J connectivity index is 2.65. The average Bonchev–Trinajstić information content (AvgIpc) is 2.45. The van der Waals surface area contributed by atoms with Gasteiger partial charge in [-0.1, -0.05) is 23.9 Å². The first-order valence-corrected chi connectivity index (χ1v) is 4.97. The maximum Gasteiger partial charge on any atom is 0.408 e. The van der Waals surface area contributed by atoms with Gasteiger partial charge in [0, 0.05) is 5.75 Å². The van der Waals surface area contributed by atoms with E-state index in [1.54, 1.807) is 6.92 Å². The lowest BCUT2D eigenvalue weighted by molar-refractivity contribution is -0.144. The number of hydrogen-bond donors (Lipinski definition) is 0. The Morgan fingerprint density at radius 1 is 1.53 bits per heavy atom. The number of alkyl halides is 3. The van der Waals surface area contributed by atoms with E-state index >= 15 is 0 Å². The van der Waals surface area contributed by atoms with Gasteiger partial charge < -0.3 is 0 Å². The number of thioether (sulfide) groups is 1. The molecule has 0 aliphatic rings. The van der Waals surface area contributed by atoms with Crippen LogP contribution < -0.4 is 0 Å². The molecule has 0 bridgehead atoms. The summed E-state index contributed by atoms with van der Waals surface area (Å²) < 4.78 is 36.9. The van der Waals surface area contributed by atoms with Crippen LogP contribution in [0.25, 0.3) is 0 Å². The monoisotopic (exact) mass is 238 g/mol. The van der Waals surface area contributed by atoms with E-state index in [-0.39, 0.29) is 5.16 Å². The zero-order valence-electron chi connectivity index (χ0n) is 7.95. The van der Waals surface area contributed by atoms with Crippen molar-refractivity contribution in [3.63, 3.8) is 0 Å². The van der Waals surface area contributed by atoms with Crippen LogP contribution in [0.5, 0.6) is 0 Å². The van der Waals surface area contributed by atoms with E-state index in [0.717, 1.165) is 22.0 Å². The molecule has 0 N–H and O–H groups in total. The fraction of sp³-hybridized carbons (Fsp3) is 0.571. The van der Waals surface area contributed by atoms with Gasteiger partial charge in [-0.25, -0.2) is 4.68 Å². The molecule has 0 fully saturated rings. The zero-order valence-corrected chi connectivity index (χ0v) is 8.77. The molecule has 15 heavy (non-hydrogen) atoms. The highest BCUT2D eigenvalue weighted by molar-refractivity contribution is 7.99. The molecular formula is C7H9F3N4S. The van der Waals surface area contributed by atoms with Crippen molar-refractivity contribution >= 4 is 11.8 Å². The molecule has 1 aromatic heterocycles. The van der Waals surface area contributed by atoms with Crippen molar-refractivity contribution < 1.29 is 13.2 Å². The highest BCUT2D eigenvalue weighted by Crippen LogP contribution is 2.21. The predicted octanol–water partition coefficient (Wildman–Crippen LogP) is 1.90. The third kappa shape index (κ3) is 4.32. The van der Waals surface area contributed by atoms with E-state index in [9.17, 15) is 13.2 Å². The predicted molar refractivity (Wildman–Crippen MR) is 49.4 cm³/mol. The fourth-order valence-corrected chi connectivity index (χ4v) is 1.48. The van der Waals surface area contributed by atoms with Crippen LogP contribution in [0.3, 0.4) is 0 Å². The van der Waals surface area contributed by atoms with Crippen molar-refractivity contribution in [1.82, 2.24) is 20.2 Å². The van der Waals surface area contributed by atoms with Crippen LogP contribution in [0.4, 0.5) is 13.2 Å². The molecule has 0 aromatic carbocycles. The minimum absolute atomic E-state index is 0.148. The summed E-state index contributed by atoms with van der Waals surface area (Å²) in [6.45, 7) is 4.25. The minimum Gasteiger partial charge on any atom is -0.211 e. The topological polar surface area (TPSA) is 43.6 Å². The van der Waals surface area contributed by atoms with Crippen molar-refractivity contribution in [2.75, 3.05) is 5.75 Å². The van der Waals surface area contributed by atoms with Gasteiger partial charge in [0.2, 0.25) is 5.16 Å². The first-order valence-electron chi connectivity index (χ1n) is 3.98. The van der Waals surface area contributed by atoms with Gasteiger partial charge in [0.05, 0.1) is 0 Å². The van der Waals surface area contributed by atoms with Crippen LogP contribution in [0.15, 0.2) is 17.3 Å². The van der Waals surface area contributed by atoms with Gasteiger partial charge in [0.25, 0.3) is 0 Å². The molecule has 0 amide bonds. The van der Waals surface area contributed by atoms with Crippen LogP contribution in [-0.2, 0) is 6.54 Å². The van der Waals surface area contributed by atoms with E-state index in [0.29, 0.717) is 5.75 Å². The van der Waals surface area contributed by atoms with Gasteiger partial charge in [-0.2, -0.15) is 13.2 Å². The van der Waals surface area contributed by atoms with Crippen LogP contribution in [0.2, 0.25) is 0 Å². The number of nitrogens with zero attached hydrogens (tertiary/aromatic N) is 4. The van der Waals surface area contributed by atoms with Gasteiger partial charge in [0.1, 0.15) is 6.54 Å². The summed E-state index contributed by atoms with van der Waals surface area (Å²) in [5.41, 5.74) is 0.849. The normalized spacial score (nSPS) is 11.7. The van der Waals surface area contributed by atoms with Crippen LogP contribution in [0.1, 0.15) is 6.92 Å². The van der Waals surface area contributed by atoms with Gasteiger partial charge in [-0.15, -0.1) is 5.10 Å². The molecule has 0 unspecified atom stereocenters. The molecule has 0 spiro atoms. The minimum atomic E-state index is -4.31. The highest BCUT2D eigenvalue weighted by Gasteiger charge is 2.30. The summed E-state index contributed by atoms with van der Waals surface area (Å²) in [4.78, 5) is 0. The van der Waals surface area contributed by atoms with Gasteiger partial charge >= 0.3 is 6.18 Å². The van der Waals surface area contributed by atoms with Gasteiger partial charge in [-0.3, -0.25) is 0 Å². The van der Waals surface area contributed by atoms with Crippen molar-refractivity contribution in [2.24, 2.45) is 0 Å². The second kappa shape index (κ2) is 4.65. The van der Waals surface area contributed by atoms with E-state index in [4.69, 9.17) is 0 Å². The second-order valence-electron chi connectivity index (χ2n) is 2.98. The smallest absolute Gasteiger partial charge is 0.211 e. The lowest BCUT2D eigenvalue weighted by atomic mass is 10.4. The summed E-state index contributed by atoms with van der Waals surface area (Å²) in [5.74, 6) is 0.498.